The minimum Gasteiger partial charge on any atom is -0.508 e. The smallest absolute Gasteiger partial charge is 0.325 e. The third-order valence-corrected chi connectivity index (χ3v) is 13.6. The van der Waals surface area contributed by atoms with E-state index < -0.39 is 126 Å². The Labute approximate surface area is 439 Å². The van der Waals surface area contributed by atoms with E-state index in [1.807, 2.05) is 0 Å². The lowest BCUT2D eigenvalue weighted by Crippen LogP contribution is -2.60. The molecule has 3 fully saturated rings. The van der Waals surface area contributed by atoms with Crippen LogP contribution in [0.5, 0.6) is 11.5 Å². The van der Waals surface area contributed by atoms with Crippen molar-refractivity contribution in [1.82, 2.24) is 41.3 Å². The van der Waals surface area contributed by atoms with Gasteiger partial charge in [-0.05, 0) is 99.6 Å². The van der Waals surface area contributed by atoms with Gasteiger partial charge in [-0.25, -0.2) is 0 Å². The molecule has 0 bridgehead atoms. The second kappa shape index (κ2) is 27.1. The van der Waals surface area contributed by atoms with Crippen LogP contribution in [0.4, 0.5) is 0 Å². The molecule has 2 aromatic carbocycles. The Morgan fingerprint density at radius 2 is 1.00 bits per heavy atom. The van der Waals surface area contributed by atoms with Crippen molar-refractivity contribution in [2.24, 2.45) is 23.1 Å². The molecule has 3 aliphatic rings. The molecule has 2 aromatic rings. The number of hydrogen-bond acceptors (Lipinski definition) is 14. The van der Waals surface area contributed by atoms with Gasteiger partial charge in [0.15, 0.2) is 0 Å². The molecule has 0 spiro atoms. The number of nitrogens with two attached hydrogens (primary N) is 3. The third kappa shape index (κ3) is 16.3. The lowest BCUT2D eigenvalue weighted by Gasteiger charge is -2.35. The molecule has 25 heteroatoms. The number of benzene rings is 2. The van der Waals surface area contributed by atoms with Crippen LogP contribution in [0.1, 0.15) is 96.1 Å². The van der Waals surface area contributed by atoms with Crippen LogP contribution in [0.15, 0.2) is 48.5 Å². The number of nitrogens with zero attached hydrogens (tertiary/aromatic N) is 3. The summed E-state index contributed by atoms with van der Waals surface area (Å²) in [5, 5.41) is 41.9. The second-order valence-electron chi connectivity index (χ2n) is 20.0. The molecule has 3 saturated heterocycles. The van der Waals surface area contributed by atoms with E-state index in [9.17, 15) is 68.1 Å². The van der Waals surface area contributed by atoms with Crippen molar-refractivity contribution in [3.05, 3.63) is 59.7 Å². The van der Waals surface area contributed by atoms with Gasteiger partial charge in [0.05, 0.1) is 12.5 Å². The number of nitrogens with one attached hydrogen (secondary N) is 5. The summed E-state index contributed by atoms with van der Waals surface area (Å²) in [6.45, 7) is 5.14. The van der Waals surface area contributed by atoms with Gasteiger partial charge in [0, 0.05) is 38.9 Å². The Morgan fingerprint density at radius 1 is 0.566 bits per heavy atom. The molecule has 14 N–H and O–H groups in total. The van der Waals surface area contributed by atoms with E-state index in [0.29, 0.717) is 30.4 Å². The van der Waals surface area contributed by atoms with Crippen molar-refractivity contribution in [3.8, 4) is 11.5 Å². The number of primary amides is 2. The highest BCUT2D eigenvalue weighted by Gasteiger charge is 2.47. The Balaban J connectivity index is 1.30. The zero-order chi connectivity index (χ0) is 56.0. The molecule has 25 nitrogen and oxygen atoms in total. The molecule has 3 aliphatic heterocycles. The van der Waals surface area contributed by atoms with Crippen LogP contribution in [-0.4, -0.2) is 169 Å². The SMILES string of the molecule is CC(C)C[C@H](NC(=O)[C@H](Cc1ccc(O)cc1)NC(=O)[C@@H](N)CCC(N)=O)C(=O)N[C@@H](CC(N)=O)C(=O)N1CCC[C@H]1C(=O)N1CCC[C@H]1C(=O)N1CCC[C@H]1C(=O)N[C@@H](Cc1ccc(O)cc1)C(=O)N[C@@H](C)C(=O)O. The van der Waals surface area contributed by atoms with Gasteiger partial charge in [-0.3, -0.25) is 52.7 Å². The number of carbonyl (C=O) groups excluding carboxylic acids is 10. The van der Waals surface area contributed by atoms with E-state index >= 15 is 0 Å². The molecule has 9 atom stereocenters. The fourth-order valence-electron chi connectivity index (χ4n) is 9.61. The summed E-state index contributed by atoms with van der Waals surface area (Å²) in [6.07, 6.45) is 0.621. The summed E-state index contributed by atoms with van der Waals surface area (Å²) in [5.41, 5.74) is 17.9. The van der Waals surface area contributed by atoms with Crippen LogP contribution >= 0.6 is 0 Å². The standard InChI is InChI=1S/C51H71N11O14/c1-27(2)23-34(57-46(70)36(25-30-12-16-32(64)17-13-30)56-43(67)33(52)18-19-41(53)65)45(69)59-37(26-42(54)66)48(72)61-21-5-8-39(61)50(74)62-22-6-9-40(62)49(73)60-20-4-7-38(60)47(71)58-35(44(68)55-28(3)51(75)76)24-29-10-14-31(63)15-11-29/h10-17,27-28,33-40,63-64H,4-9,18-26,52H2,1-3H3,(H2,53,65)(H2,54,66)(H,55,68)(H,56,67)(H,57,70)(H,58,71)(H,59,69)(H,75,76)/t28-,33-,34-,35-,36-,37-,38-,39-,40-/m0/s1. The van der Waals surface area contributed by atoms with Crippen molar-refractivity contribution in [2.45, 2.75) is 152 Å². The van der Waals surface area contributed by atoms with E-state index in [4.69, 9.17) is 17.2 Å². The highest BCUT2D eigenvalue weighted by Crippen LogP contribution is 2.29. The quantitative estimate of drug-likeness (QED) is 0.0508. The van der Waals surface area contributed by atoms with E-state index in [1.165, 1.54) is 58.0 Å². The van der Waals surface area contributed by atoms with Crippen LogP contribution in [0, 0.1) is 5.92 Å². The molecule has 0 aliphatic carbocycles. The third-order valence-electron chi connectivity index (χ3n) is 13.6. The Morgan fingerprint density at radius 3 is 1.50 bits per heavy atom. The number of carbonyl (C=O) groups is 11. The highest BCUT2D eigenvalue weighted by atomic mass is 16.4. The summed E-state index contributed by atoms with van der Waals surface area (Å²) in [5.74, 6) is -9.13. The Bertz CT molecular complexity index is 2470. The van der Waals surface area contributed by atoms with Gasteiger partial charge in [0.1, 0.15) is 59.8 Å². The van der Waals surface area contributed by atoms with Gasteiger partial charge in [-0.2, -0.15) is 0 Å². The molecule has 3 heterocycles. The first-order valence-electron chi connectivity index (χ1n) is 25.5. The summed E-state index contributed by atoms with van der Waals surface area (Å²) in [4.78, 5) is 152. The van der Waals surface area contributed by atoms with Gasteiger partial charge in [-0.15, -0.1) is 0 Å². The van der Waals surface area contributed by atoms with Crippen molar-refractivity contribution in [2.75, 3.05) is 19.6 Å². The first-order chi connectivity index (χ1) is 35.9. The maximum absolute atomic E-state index is 14.6. The van der Waals surface area contributed by atoms with Gasteiger partial charge in [-0.1, -0.05) is 38.1 Å². The highest BCUT2D eigenvalue weighted by molar-refractivity contribution is 5.99. The van der Waals surface area contributed by atoms with Crippen LogP contribution < -0.4 is 43.8 Å². The number of aliphatic carboxylic acids is 1. The van der Waals surface area contributed by atoms with Crippen molar-refractivity contribution < 1.29 is 68.1 Å². The molecule has 0 saturated carbocycles. The van der Waals surface area contributed by atoms with Gasteiger partial charge in [0.2, 0.25) is 59.1 Å². The molecule has 5 rings (SSSR count). The number of phenolic OH excluding ortho intramolecular Hbond substituents is 2. The van der Waals surface area contributed by atoms with E-state index in [2.05, 4.69) is 26.6 Å². The molecule has 0 aromatic heterocycles. The number of carboxylic acids is 1. The van der Waals surface area contributed by atoms with E-state index in [-0.39, 0.29) is 88.4 Å². The number of phenols is 2. The van der Waals surface area contributed by atoms with Crippen LogP contribution in [-0.2, 0) is 65.6 Å². The van der Waals surface area contributed by atoms with Crippen LogP contribution in [0.3, 0.4) is 0 Å². The topological polar surface area (TPSA) is 396 Å². The molecule has 414 valence electrons. The maximum atomic E-state index is 14.6. The lowest BCUT2D eigenvalue weighted by molar-refractivity contribution is -0.151. The zero-order valence-electron chi connectivity index (χ0n) is 42.9. The summed E-state index contributed by atoms with van der Waals surface area (Å²) < 4.78 is 0. The van der Waals surface area contributed by atoms with E-state index in [1.54, 1.807) is 26.0 Å². The first kappa shape index (κ1) is 59.1. The number of aromatic hydroxyl groups is 2. The van der Waals surface area contributed by atoms with E-state index in [0.717, 1.165) is 0 Å². The molecule has 10 amide bonds. The number of amides is 10. The van der Waals surface area contributed by atoms with Crippen LogP contribution in [0.2, 0.25) is 0 Å². The molecular formula is C51H71N11O14. The lowest BCUT2D eigenvalue weighted by atomic mass is 10.00. The van der Waals surface area contributed by atoms with Crippen molar-refractivity contribution >= 4 is 65.0 Å². The van der Waals surface area contributed by atoms with Gasteiger partial charge in [0.25, 0.3) is 0 Å². The first-order valence-corrected chi connectivity index (χ1v) is 25.5. The minimum atomic E-state index is -1.60. The number of likely N-dealkylation sites (tertiary alicyclic amines) is 3. The fourth-order valence-corrected chi connectivity index (χ4v) is 9.61. The molecular weight excluding hydrogens is 991 g/mol. The van der Waals surface area contributed by atoms with Crippen molar-refractivity contribution in [1.29, 1.82) is 0 Å². The largest absolute Gasteiger partial charge is 0.508 e. The number of carboxylic acid groups (broad SMARTS) is 1. The maximum Gasteiger partial charge on any atom is 0.325 e. The summed E-state index contributed by atoms with van der Waals surface area (Å²) >= 11 is 0. The van der Waals surface area contributed by atoms with Crippen molar-refractivity contribution in [3.63, 3.8) is 0 Å². The summed E-state index contributed by atoms with van der Waals surface area (Å²) in [7, 11) is 0. The minimum absolute atomic E-state index is 0.0174. The molecule has 76 heavy (non-hydrogen) atoms. The molecule has 0 unspecified atom stereocenters. The summed E-state index contributed by atoms with van der Waals surface area (Å²) in [6, 6.07) is 0.409. The Hall–Kier alpha value is -7.83. The Kier molecular flexibility index (Phi) is 21.1. The van der Waals surface area contributed by atoms with Crippen LogP contribution in [0.25, 0.3) is 0 Å². The predicted octanol–water partition coefficient (Wildman–Crippen LogP) is -2.10. The fraction of sp³-hybridized carbons (Fsp3) is 0.549. The monoisotopic (exact) mass is 1060 g/mol. The second-order valence-corrected chi connectivity index (χ2v) is 20.0. The normalized spacial score (nSPS) is 19.6. The average Bonchev–Trinajstić information content (AvgIpc) is 4.18. The number of hydrogen-bond donors (Lipinski definition) is 11. The molecule has 0 radical (unpaired) electrons. The number of rotatable bonds is 25. The van der Waals surface area contributed by atoms with Gasteiger partial charge < -0.3 is 73.8 Å². The zero-order valence-corrected chi connectivity index (χ0v) is 42.9. The van der Waals surface area contributed by atoms with Gasteiger partial charge >= 0.3 is 5.97 Å². The average molecular weight is 1060 g/mol. The predicted molar refractivity (Wildman–Crippen MR) is 270 cm³/mol.